The summed E-state index contributed by atoms with van der Waals surface area (Å²) in [5, 5.41) is 24.4. The number of hydrogen-bond acceptors (Lipinski definition) is 4. The van der Waals surface area contributed by atoms with Gasteiger partial charge in [-0.15, -0.1) is 0 Å². The molecule has 5 nitrogen and oxygen atoms in total. The van der Waals surface area contributed by atoms with Crippen molar-refractivity contribution in [2.75, 3.05) is 11.9 Å². The van der Waals surface area contributed by atoms with Gasteiger partial charge in [0.05, 0.1) is 0 Å². The van der Waals surface area contributed by atoms with Crippen molar-refractivity contribution >= 4 is 11.6 Å². The molecule has 0 radical (unpaired) electrons. The van der Waals surface area contributed by atoms with E-state index in [1.807, 2.05) is 31.2 Å². The first-order chi connectivity index (χ1) is 12.5. The van der Waals surface area contributed by atoms with Gasteiger partial charge in [0.1, 0.15) is 17.4 Å². The van der Waals surface area contributed by atoms with Gasteiger partial charge in [-0.2, -0.15) is 5.26 Å². The smallest absolute Gasteiger partial charge is 0.263 e. The van der Waals surface area contributed by atoms with Crippen LogP contribution in [0.4, 0.5) is 5.69 Å². The van der Waals surface area contributed by atoms with Crippen LogP contribution in [0.3, 0.4) is 0 Å². The molecule has 2 aromatic rings. The Morgan fingerprint density at radius 2 is 1.96 bits per heavy atom. The first-order valence-corrected chi connectivity index (χ1v) is 8.56. The van der Waals surface area contributed by atoms with Gasteiger partial charge in [-0.1, -0.05) is 37.3 Å². The number of hydrogen-bond donors (Lipinski definition) is 3. The van der Waals surface area contributed by atoms with Crippen LogP contribution in [0.25, 0.3) is 0 Å². The molecule has 1 amide bonds. The lowest BCUT2D eigenvalue weighted by Crippen LogP contribution is -2.27. The molecule has 0 aromatic heterocycles. The van der Waals surface area contributed by atoms with Crippen LogP contribution in [-0.4, -0.2) is 17.6 Å². The maximum absolute atomic E-state index is 12.2. The normalized spacial score (nSPS) is 10.9. The lowest BCUT2D eigenvalue weighted by Gasteiger charge is -2.11. The minimum Gasteiger partial charge on any atom is -0.508 e. The Morgan fingerprint density at radius 3 is 2.62 bits per heavy atom. The van der Waals surface area contributed by atoms with Crippen molar-refractivity contribution in [3.05, 3.63) is 70.9 Å². The molecule has 2 aromatic carbocycles. The van der Waals surface area contributed by atoms with Gasteiger partial charge in [0, 0.05) is 18.4 Å². The van der Waals surface area contributed by atoms with Crippen LogP contribution in [-0.2, 0) is 17.6 Å². The summed E-state index contributed by atoms with van der Waals surface area (Å²) in [6.07, 6.45) is 2.94. The van der Waals surface area contributed by atoms with E-state index < -0.39 is 5.91 Å². The maximum atomic E-state index is 12.2. The lowest BCUT2D eigenvalue weighted by molar-refractivity contribution is -0.117. The van der Waals surface area contributed by atoms with E-state index in [1.165, 1.54) is 6.20 Å². The van der Waals surface area contributed by atoms with Crippen LogP contribution in [0.2, 0.25) is 0 Å². The molecule has 0 atom stereocenters. The fourth-order valence-electron chi connectivity index (χ4n) is 2.60. The number of nitrogens with one attached hydrogen (secondary N) is 2. The van der Waals surface area contributed by atoms with E-state index in [2.05, 4.69) is 17.6 Å². The highest BCUT2D eigenvalue weighted by Gasteiger charge is 2.09. The number of rotatable bonds is 7. The molecule has 0 saturated heterocycles. The van der Waals surface area contributed by atoms with Crippen LogP contribution in [0.1, 0.15) is 23.6 Å². The van der Waals surface area contributed by atoms with Gasteiger partial charge in [-0.05, 0) is 48.6 Å². The van der Waals surface area contributed by atoms with Crippen LogP contribution >= 0.6 is 0 Å². The van der Waals surface area contributed by atoms with E-state index in [-0.39, 0.29) is 11.3 Å². The molecule has 0 spiro atoms. The Labute approximate surface area is 154 Å². The van der Waals surface area contributed by atoms with Crippen LogP contribution < -0.4 is 10.6 Å². The first-order valence-electron chi connectivity index (χ1n) is 8.56. The molecular weight excluding hydrogens is 326 g/mol. The van der Waals surface area contributed by atoms with Crippen molar-refractivity contribution in [2.45, 2.75) is 26.7 Å². The zero-order valence-corrected chi connectivity index (χ0v) is 15.0. The molecule has 0 unspecified atom stereocenters. The van der Waals surface area contributed by atoms with Gasteiger partial charge in [0.15, 0.2) is 0 Å². The van der Waals surface area contributed by atoms with Crippen molar-refractivity contribution < 1.29 is 9.90 Å². The Kier molecular flexibility index (Phi) is 6.81. The number of para-hydroxylation sites is 1. The molecule has 0 aliphatic carbocycles. The van der Waals surface area contributed by atoms with Crippen molar-refractivity contribution in [3.63, 3.8) is 0 Å². The van der Waals surface area contributed by atoms with Crippen LogP contribution in [0, 0.1) is 18.3 Å². The van der Waals surface area contributed by atoms with E-state index in [9.17, 15) is 15.2 Å². The highest BCUT2D eigenvalue weighted by molar-refractivity contribution is 5.97. The topological polar surface area (TPSA) is 85.2 Å². The highest BCUT2D eigenvalue weighted by atomic mass is 16.3. The SMILES string of the molecule is CCc1cccc(C)c1N/C=C(/C#N)C(=O)NCCc1ccc(O)cc1. The Hall–Kier alpha value is -3.26. The molecule has 0 heterocycles. The quantitative estimate of drug-likeness (QED) is 0.528. The molecule has 134 valence electrons. The van der Waals surface area contributed by atoms with E-state index in [4.69, 9.17) is 0 Å². The Balaban J connectivity index is 1.97. The number of nitrogens with zero attached hydrogens (tertiary/aromatic N) is 1. The predicted octanol–water partition coefficient (Wildman–Crippen LogP) is 3.44. The monoisotopic (exact) mass is 349 g/mol. The summed E-state index contributed by atoms with van der Waals surface area (Å²) >= 11 is 0. The second-order valence-corrected chi connectivity index (χ2v) is 5.95. The fourth-order valence-corrected chi connectivity index (χ4v) is 2.60. The number of aromatic hydroxyl groups is 1. The summed E-state index contributed by atoms with van der Waals surface area (Å²) in [7, 11) is 0. The molecule has 0 fully saturated rings. The molecule has 0 aliphatic rings. The Bertz CT molecular complexity index is 833. The van der Waals surface area contributed by atoms with E-state index in [0.717, 1.165) is 28.8 Å². The number of phenolic OH excluding ortho intramolecular Hbond substituents is 1. The number of aryl methyl sites for hydroxylation is 2. The van der Waals surface area contributed by atoms with Gasteiger partial charge >= 0.3 is 0 Å². The minimum absolute atomic E-state index is 0.0287. The molecule has 3 N–H and O–H groups in total. The van der Waals surface area contributed by atoms with Crippen LogP contribution in [0.5, 0.6) is 5.75 Å². The first kappa shape index (κ1) is 19.1. The van der Waals surface area contributed by atoms with Gasteiger partial charge in [0.2, 0.25) is 0 Å². The zero-order valence-electron chi connectivity index (χ0n) is 15.0. The van der Waals surface area contributed by atoms with Gasteiger partial charge in [-0.3, -0.25) is 4.79 Å². The summed E-state index contributed by atoms with van der Waals surface area (Å²) in [6.45, 7) is 4.46. The summed E-state index contributed by atoms with van der Waals surface area (Å²) < 4.78 is 0. The van der Waals surface area contributed by atoms with Crippen molar-refractivity contribution in [1.82, 2.24) is 5.32 Å². The molecular formula is C21H23N3O2. The van der Waals surface area contributed by atoms with Crippen molar-refractivity contribution in [2.24, 2.45) is 0 Å². The van der Waals surface area contributed by atoms with Gasteiger partial charge in [-0.25, -0.2) is 0 Å². The largest absolute Gasteiger partial charge is 0.508 e. The lowest BCUT2D eigenvalue weighted by atomic mass is 10.1. The standard InChI is InChI=1S/C21H23N3O2/c1-3-17-6-4-5-15(2)20(17)24-14-18(13-22)21(26)23-12-11-16-7-9-19(25)10-8-16/h4-10,14,24-25H,3,11-12H2,1-2H3,(H,23,26)/b18-14-. The second kappa shape index (κ2) is 9.28. The van der Waals surface area contributed by atoms with Crippen LogP contribution in [0.15, 0.2) is 54.2 Å². The minimum atomic E-state index is -0.412. The number of nitriles is 1. The third-order valence-electron chi connectivity index (χ3n) is 4.10. The zero-order chi connectivity index (χ0) is 18.9. The second-order valence-electron chi connectivity index (χ2n) is 5.95. The Morgan fingerprint density at radius 1 is 1.23 bits per heavy atom. The average Bonchev–Trinajstić information content (AvgIpc) is 2.64. The maximum Gasteiger partial charge on any atom is 0.263 e. The summed E-state index contributed by atoms with van der Waals surface area (Å²) in [4.78, 5) is 12.2. The molecule has 5 heteroatoms. The summed E-state index contributed by atoms with van der Waals surface area (Å²) in [6, 6.07) is 14.7. The number of amides is 1. The van der Waals surface area contributed by atoms with E-state index in [0.29, 0.717) is 13.0 Å². The van der Waals surface area contributed by atoms with E-state index in [1.54, 1.807) is 24.3 Å². The molecule has 0 saturated carbocycles. The third kappa shape index (κ3) is 5.12. The summed E-state index contributed by atoms with van der Waals surface area (Å²) in [5.41, 5.74) is 4.15. The number of carbonyl (C=O) groups excluding carboxylic acids is 1. The highest BCUT2D eigenvalue weighted by Crippen LogP contribution is 2.21. The van der Waals surface area contributed by atoms with Gasteiger partial charge in [0.25, 0.3) is 5.91 Å². The number of anilines is 1. The third-order valence-corrected chi connectivity index (χ3v) is 4.10. The predicted molar refractivity (Wildman–Crippen MR) is 103 cm³/mol. The number of benzene rings is 2. The number of carbonyl (C=O) groups is 1. The molecule has 0 bridgehead atoms. The van der Waals surface area contributed by atoms with E-state index >= 15 is 0 Å². The van der Waals surface area contributed by atoms with Crippen molar-refractivity contribution in [3.8, 4) is 11.8 Å². The molecule has 0 aliphatic heterocycles. The molecule has 2 rings (SSSR count). The summed E-state index contributed by atoms with van der Waals surface area (Å²) in [5.74, 6) is -0.202. The van der Waals surface area contributed by atoms with Crippen molar-refractivity contribution in [1.29, 1.82) is 5.26 Å². The molecule has 26 heavy (non-hydrogen) atoms. The van der Waals surface area contributed by atoms with Gasteiger partial charge < -0.3 is 15.7 Å². The average molecular weight is 349 g/mol. The number of phenols is 1. The fraction of sp³-hybridized carbons (Fsp3) is 0.238.